The highest BCUT2D eigenvalue weighted by molar-refractivity contribution is 5.91. The molecule has 0 saturated carbocycles. The number of rotatable bonds is 7. The van der Waals surface area contributed by atoms with E-state index in [4.69, 9.17) is 4.74 Å². The fourth-order valence-corrected chi connectivity index (χ4v) is 2.74. The number of aromatic nitrogens is 2. The van der Waals surface area contributed by atoms with Gasteiger partial charge in [-0.15, -0.1) is 0 Å². The van der Waals surface area contributed by atoms with Crippen LogP contribution in [-0.2, 0) is 16.1 Å². The van der Waals surface area contributed by atoms with Crippen molar-refractivity contribution in [2.75, 3.05) is 37.7 Å². The lowest BCUT2D eigenvalue weighted by Crippen LogP contribution is -2.36. The second kappa shape index (κ2) is 9.03. The average Bonchev–Trinajstić information content (AvgIpc) is 3.18. The van der Waals surface area contributed by atoms with Crippen LogP contribution in [0.1, 0.15) is 12.0 Å². The number of anilines is 1. The summed E-state index contributed by atoms with van der Waals surface area (Å²) in [5.41, 5.74) is 2.22. The number of carbonyl (C=O) groups excluding carboxylic acids is 1. The molecule has 1 aromatic heterocycles. The molecule has 0 unspecified atom stereocenters. The molecule has 6 heteroatoms. The third kappa shape index (κ3) is 5.46. The van der Waals surface area contributed by atoms with Gasteiger partial charge < -0.3 is 19.5 Å². The number of amides is 1. The van der Waals surface area contributed by atoms with Gasteiger partial charge in [-0.3, -0.25) is 4.79 Å². The summed E-state index contributed by atoms with van der Waals surface area (Å²) in [4.78, 5) is 18.2. The number of benzene rings is 1. The maximum absolute atomic E-state index is 11.9. The Morgan fingerprint density at radius 2 is 2.04 bits per heavy atom. The molecule has 1 aromatic carbocycles. The molecule has 1 aliphatic rings. The van der Waals surface area contributed by atoms with Gasteiger partial charge in [0.1, 0.15) is 0 Å². The summed E-state index contributed by atoms with van der Waals surface area (Å²) in [6.45, 7) is 4.92. The van der Waals surface area contributed by atoms with Crippen molar-refractivity contribution >= 4 is 17.7 Å². The lowest BCUT2D eigenvalue weighted by molar-refractivity contribution is -0.116. The van der Waals surface area contributed by atoms with Crippen molar-refractivity contribution < 1.29 is 9.53 Å². The highest BCUT2D eigenvalue weighted by Gasteiger charge is 2.10. The number of nitrogens with zero attached hydrogens (tertiary/aromatic N) is 3. The van der Waals surface area contributed by atoms with Crippen LogP contribution in [0.5, 0.6) is 0 Å². The van der Waals surface area contributed by atoms with Crippen molar-refractivity contribution in [1.82, 2.24) is 14.9 Å². The van der Waals surface area contributed by atoms with Crippen LogP contribution in [0.3, 0.4) is 0 Å². The number of imidazole rings is 1. The molecule has 0 atom stereocenters. The molecule has 1 fully saturated rings. The van der Waals surface area contributed by atoms with Crippen molar-refractivity contribution in [2.45, 2.75) is 13.0 Å². The Kier molecular flexibility index (Phi) is 6.23. The standard InChI is InChI=1S/C19H24N4O2/c24-19(21-8-1-10-22-11-9-20-16-22)7-4-17-2-5-18(6-3-17)23-12-14-25-15-13-23/h2-7,9,11,16H,1,8,10,12-15H2,(H,21,24)/b7-4+. The summed E-state index contributed by atoms with van der Waals surface area (Å²) in [5, 5.41) is 2.90. The molecule has 0 bridgehead atoms. The predicted molar refractivity (Wildman–Crippen MR) is 98.4 cm³/mol. The molecule has 0 aliphatic carbocycles. The van der Waals surface area contributed by atoms with Crippen LogP contribution in [-0.4, -0.2) is 48.3 Å². The van der Waals surface area contributed by atoms with Crippen LogP contribution >= 0.6 is 0 Å². The first-order chi connectivity index (χ1) is 12.3. The minimum absolute atomic E-state index is 0.0668. The molecule has 2 heterocycles. The number of aryl methyl sites for hydroxylation is 1. The zero-order valence-electron chi connectivity index (χ0n) is 14.3. The number of nitrogens with one attached hydrogen (secondary N) is 1. The van der Waals surface area contributed by atoms with E-state index in [0.29, 0.717) is 6.54 Å². The molecule has 0 radical (unpaired) electrons. The minimum Gasteiger partial charge on any atom is -0.378 e. The van der Waals surface area contributed by atoms with Crippen LogP contribution in [0.25, 0.3) is 6.08 Å². The minimum atomic E-state index is -0.0668. The fourth-order valence-electron chi connectivity index (χ4n) is 2.74. The van der Waals surface area contributed by atoms with Crippen molar-refractivity contribution in [2.24, 2.45) is 0 Å². The third-order valence-corrected chi connectivity index (χ3v) is 4.15. The largest absolute Gasteiger partial charge is 0.378 e. The van der Waals surface area contributed by atoms with Gasteiger partial charge in [0, 0.05) is 50.3 Å². The molecule has 2 aromatic rings. The lowest BCUT2D eigenvalue weighted by Gasteiger charge is -2.28. The normalized spacial score (nSPS) is 14.8. The summed E-state index contributed by atoms with van der Waals surface area (Å²) in [5.74, 6) is -0.0668. The molecule has 1 amide bonds. The SMILES string of the molecule is O=C(/C=C/c1ccc(N2CCOCC2)cc1)NCCCn1ccnc1. The first-order valence-electron chi connectivity index (χ1n) is 8.66. The van der Waals surface area contributed by atoms with Gasteiger partial charge >= 0.3 is 0 Å². The zero-order valence-corrected chi connectivity index (χ0v) is 14.3. The zero-order chi connectivity index (χ0) is 17.3. The van der Waals surface area contributed by atoms with Gasteiger partial charge in [-0.1, -0.05) is 12.1 Å². The third-order valence-electron chi connectivity index (χ3n) is 4.15. The molecule has 1 N–H and O–H groups in total. The Morgan fingerprint density at radius 1 is 1.24 bits per heavy atom. The second-order valence-electron chi connectivity index (χ2n) is 5.97. The average molecular weight is 340 g/mol. The predicted octanol–water partition coefficient (Wildman–Crippen LogP) is 1.94. The van der Waals surface area contributed by atoms with Gasteiger partial charge in [0.2, 0.25) is 5.91 Å². The van der Waals surface area contributed by atoms with Gasteiger partial charge in [-0.2, -0.15) is 0 Å². The van der Waals surface area contributed by atoms with Crippen LogP contribution in [0.4, 0.5) is 5.69 Å². The summed E-state index contributed by atoms with van der Waals surface area (Å²) >= 11 is 0. The Balaban J connectivity index is 1.40. The number of carbonyl (C=O) groups is 1. The molecule has 0 spiro atoms. The van der Waals surface area contributed by atoms with E-state index in [9.17, 15) is 4.79 Å². The Bertz CT molecular complexity index is 674. The lowest BCUT2D eigenvalue weighted by atomic mass is 10.1. The second-order valence-corrected chi connectivity index (χ2v) is 5.97. The van der Waals surface area contributed by atoms with Crippen molar-refractivity contribution in [3.8, 4) is 0 Å². The maximum Gasteiger partial charge on any atom is 0.244 e. The molecule has 1 saturated heterocycles. The van der Waals surface area contributed by atoms with Gasteiger partial charge in [0.15, 0.2) is 0 Å². The topological polar surface area (TPSA) is 59.4 Å². The van der Waals surface area contributed by atoms with E-state index in [0.717, 1.165) is 44.8 Å². The summed E-state index contributed by atoms with van der Waals surface area (Å²) in [6, 6.07) is 8.25. The highest BCUT2D eigenvalue weighted by Crippen LogP contribution is 2.17. The molecule has 132 valence electrons. The molecule has 6 nitrogen and oxygen atoms in total. The molecule has 1 aliphatic heterocycles. The molecule has 25 heavy (non-hydrogen) atoms. The van der Waals surface area contributed by atoms with Gasteiger partial charge in [-0.05, 0) is 30.2 Å². The monoisotopic (exact) mass is 340 g/mol. The highest BCUT2D eigenvalue weighted by atomic mass is 16.5. The van der Waals surface area contributed by atoms with Crippen LogP contribution in [0, 0.1) is 0 Å². The van der Waals surface area contributed by atoms with E-state index in [2.05, 4.69) is 27.3 Å². The van der Waals surface area contributed by atoms with E-state index in [1.165, 1.54) is 5.69 Å². The number of ether oxygens (including phenoxy) is 1. The Morgan fingerprint density at radius 3 is 2.76 bits per heavy atom. The smallest absolute Gasteiger partial charge is 0.244 e. The van der Waals surface area contributed by atoms with Gasteiger partial charge in [-0.25, -0.2) is 4.98 Å². The first-order valence-corrected chi connectivity index (χ1v) is 8.66. The van der Waals surface area contributed by atoms with Crippen molar-refractivity contribution in [3.05, 3.63) is 54.6 Å². The van der Waals surface area contributed by atoms with Gasteiger partial charge in [0.05, 0.1) is 19.5 Å². The Labute approximate surface area is 148 Å². The van der Waals surface area contributed by atoms with Crippen LogP contribution in [0.15, 0.2) is 49.1 Å². The number of hydrogen-bond donors (Lipinski definition) is 1. The quantitative estimate of drug-likeness (QED) is 0.618. The summed E-state index contributed by atoms with van der Waals surface area (Å²) in [6.07, 6.45) is 9.76. The van der Waals surface area contributed by atoms with E-state index < -0.39 is 0 Å². The van der Waals surface area contributed by atoms with E-state index in [1.807, 2.05) is 29.0 Å². The Hall–Kier alpha value is -2.60. The van der Waals surface area contributed by atoms with E-state index in [-0.39, 0.29) is 5.91 Å². The van der Waals surface area contributed by atoms with Crippen molar-refractivity contribution in [1.29, 1.82) is 0 Å². The van der Waals surface area contributed by atoms with Crippen molar-refractivity contribution in [3.63, 3.8) is 0 Å². The van der Waals surface area contributed by atoms with Crippen LogP contribution in [0.2, 0.25) is 0 Å². The van der Waals surface area contributed by atoms with Crippen LogP contribution < -0.4 is 10.2 Å². The molecular weight excluding hydrogens is 316 g/mol. The summed E-state index contributed by atoms with van der Waals surface area (Å²) in [7, 11) is 0. The molecule has 3 rings (SSSR count). The number of morpholine rings is 1. The molecular formula is C19H24N4O2. The number of hydrogen-bond acceptors (Lipinski definition) is 4. The van der Waals surface area contributed by atoms with E-state index in [1.54, 1.807) is 18.6 Å². The van der Waals surface area contributed by atoms with Gasteiger partial charge in [0.25, 0.3) is 0 Å². The maximum atomic E-state index is 11.9. The summed E-state index contributed by atoms with van der Waals surface area (Å²) < 4.78 is 7.37. The fraction of sp³-hybridized carbons (Fsp3) is 0.368. The first kappa shape index (κ1) is 17.2. The van der Waals surface area contributed by atoms with E-state index >= 15 is 0 Å².